The van der Waals surface area contributed by atoms with Gasteiger partial charge in [-0.2, -0.15) is 11.8 Å². The van der Waals surface area contributed by atoms with E-state index in [0.29, 0.717) is 46.5 Å². The number of allylic oxidation sites excluding steroid dienone is 1. The third-order valence-electron chi connectivity index (χ3n) is 16.5. The average molecular weight is 1080 g/mol. The molecule has 3 aliphatic rings. The lowest BCUT2D eigenvalue weighted by atomic mass is 9.59. The van der Waals surface area contributed by atoms with E-state index in [2.05, 4.69) is 113 Å². The molecule has 2 saturated carbocycles. The molecule has 13 heteroatoms. The molecule has 4 unspecified atom stereocenters. The molecular weight excluding hydrogens is 973 g/mol. The van der Waals surface area contributed by atoms with Gasteiger partial charge in [-0.1, -0.05) is 159 Å². The van der Waals surface area contributed by atoms with E-state index in [9.17, 15) is 14.4 Å². The number of nitrogens with one attached hydrogen (secondary N) is 3. The Morgan fingerprint density at radius 1 is 0.658 bits per heavy atom. The van der Waals surface area contributed by atoms with E-state index in [4.69, 9.17) is 19.2 Å². The van der Waals surface area contributed by atoms with E-state index in [-0.39, 0.29) is 104 Å². The van der Waals surface area contributed by atoms with Gasteiger partial charge in [-0.3, -0.25) is 14.4 Å². The standard InChI is InChI=1S/C63H104N4O8S/c1-26-63(24,25)56(72)73-27-28-76-34-38-43(64-50(66-54(70)61(18,19)20)46(38)52(68)74-48-39(57(6,7)8)29-36(4)30-40(48)58(9,10)11)33-44-45(35(2)3)47(51(65-44)67-55(71)62(21,22)23)53(69)75-49-41(59(12,13)14)31-37(5)32-42(49)60(15,16)17/h33,35-37,39-42,48-49,65H,26-32,34H2,1-25H3,(H,67,71)(H,64,66,70). The van der Waals surface area contributed by atoms with E-state index >= 15 is 9.59 Å². The molecule has 430 valence electrons. The van der Waals surface area contributed by atoms with Crippen LogP contribution < -0.4 is 10.6 Å². The quantitative estimate of drug-likeness (QED) is 0.0934. The smallest absolute Gasteiger partial charge is 0.342 e. The molecular formula is C63H104N4O8S. The van der Waals surface area contributed by atoms with Gasteiger partial charge in [-0.15, -0.1) is 0 Å². The molecule has 2 aliphatic carbocycles. The Morgan fingerprint density at radius 3 is 1.47 bits per heavy atom. The first-order valence-corrected chi connectivity index (χ1v) is 29.7. The maximum atomic E-state index is 15.5. The number of amides is 2. The number of amidine groups is 1. The number of carbonyl (C=O) groups excluding carboxylic acids is 5. The summed E-state index contributed by atoms with van der Waals surface area (Å²) in [5, 5.41) is 6.14. The minimum absolute atomic E-state index is 0.0488. The van der Waals surface area contributed by atoms with Gasteiger partial charge in [0.15, 0.2) is 0 Å². The molecule has 0 bridgehead atoms. The fourth-order valence-corrected chi connectivity index (χ4v) is 12.0. The summed E-state index contributed by atoms with van der Waals surface area (Å²) in [6, 6.07) is 0. The maximum absolute atomic E-state index is 15.5. The normalized spacial score (nSPS) is 24.9. The van der Waals surface area contributed by atoms with Crippen molar-refractivity contribution in [2.24, 2.45) is 78.4 Å². The van der Waals surface area contributed by atoms with E-state index in [1.165, 1.54) is 11.8 Å². The number of thioether (sulfide) groups is 1. The van der Waals surface area contributed by atoms with E-state index in [1.54, 1.807) is 0 Å². The Kier molecular flexibility index (Phi) is 20.3. The van der Waals surface area contributed by atoms with Crippen molar-refractivity contribution >= 4 is 59.2 Å². The van der Waals surface area contributed by atoms with Gasteiger partial charge in [-0.05, 0) is 97.0 Å². The van der Waals surface area contributed by atoms with Crippen molar-refractivity contribution < 1.29 is 38.2 Å². The van der Waals surface area contributed by atoms with Crippen molar-refractivity contribution in [3.8, 4) is 0 Å². The summed E-state index contributed by atoms with van der Waals surface area (Å²) >= 11 is 1.48. The number of aliphatic imine (C=N–C) groups is 1. The molecule has 0 saturated heterocycles. The second-order valence-corrected chi connectivity index (χ2v) is 31.4. The average Bonchev–Trinajstić information content (AvgIpc) is 3.78. The SMILES string of the molecule is CCC(C)(C)C(=O)OCCSCC1=C(C(=O)OC2C(C(C)(C)C)CC(C)CC2C(C)(C)C)C(NC(=O)C(C)(C)C)=NC1=Cc1[nH]c(NC(=O)C(C)(C)C)c(C(=O)OC2C(C(C)(C)C)CC(C)CC2C(C)(C)C)c1C(C)C. The van der Waals surface area contributed by atoms with Crippen LogP contribution in [-0.4, -0.2) is 70.9 Å². The van der Waals surface area contributed by atoms with Crippen molar-refractivity contribution in [2.75, 3.05) is 23.4 Å². The van der Waals surface area contributed by atoms with E-state index in [1.807, 2.05) is 82.2 Å². The number of aromatic nitrogens is 1. The van der Waals surface area contributed by atoms with Crippen molar-refractivity contribution in [3.05, 3.63) is 33.7 Å². The van der Waals surface area contributed by atoms with Gasteiger partial charge in [0, 0.05) is 57.3 Å². The van der Waals surface area contributed by atoms with Crippen LogP contribution in [0.5, 0.6) is 0 Å². The first kappa shape index (κ1) is 64.7. The number of ether oxygens (including phenoxy) is 3. The number of rotatable bonds is 14. The first-order valence-electron chi connectivity index (χ1n) is 28.5. The number of anilines is 1. The lowest BCUT2D eigenvalue weighted by Gasteiger charge is -2.50. The predicted octanol–water partition coefficient (Wildman–Crippen LogP) is 15.0. The molecule has 76 heavy (non-hydrogen) atoms. The van der Waals surface area contributed by atoms with Gasteiger partial charge >= 0.3 is 17.9 Å². The molecule has 2 amide bonds. The molecule has 2 fully saturated rings. The minimum Gasteiger partial charge on any atom is -0.464 e. The van der Waals surface area contributed by atoms with Crippen LogP contribution in [0.3, 0.4) is 0 Å². The Balaban J connectivity index is 2.05. The van der Waals surface area contributed by atoms with Crippen LogP contribution >= 0.6 is 11.8 Å². The Labute approximate surface area is 464 Å². The predicted molar refractivity (Wildman–Crippen MR) is 313 cm³/mol. The fourth-order valence-electron chi connectivity index (χ4n) is 11.2. The molecule has 0 aromatic carbocycles. The van der Waals surface area contributed by atoms with Crippen LogP contribution in [0.15, 0.2) is 21.8 Å². The van der Waals surface area contributed by atoms with E-state index < -0.39 is 40.4 Å². The zero-order valence-electron chi connectivity index (χ0n) is 52.1. The lowest BCUT2D eigenvalue weighted by molar-refractivity contribution is -0.164. The van der Waals surface area contributed by atoms with Crippen LogP contribution in [0.25, 0.3) is 6.08 Å². The highest BCUT2D eigenvalue weighted by molar-refractivity contribution is 7.99. The van der Waals surface area contributed by atoms with Crippen LogP contribution in [0.4, 0.5) is 5.82 Å². The second kappa shape index (κ2) is 23.8. The highest BCUT2D eigenvalue weighted by Gasteiger charge is 2.51. The third-order valence-corrected chi connectivity index (χ3v) is 17.5. The van der Waals surface area contributed by atoms with Crippen LogP contribution in [-0.2, 0) is 33.4 Å². The molecule has 4 rings (SSSR count). The van der Waals surface area contributed by atoms with Gasteiger partial charge in [0.1, 0.15) is 41.6 Å². The third kappa shape index (κ3) is 15.9. The van der Waals surface area contributed by atoms with Gasteiger partial charge in [0.2, 0.25) is 11.8 Å². The van der Waals surface area contributed by atoms with Gasteiger partial charge in [-0.25, -0.2) is 14.6 Å². The zero-order valence-corrected chi connectivity index (χ0v) is 52.9. The molecule has 1 aliphatic heterocycles. The number of hydrogen-bond acceptors (Lipinski definition) is 10. The molecule has 12 nitrogen and oxygen atoms in total. The summed E-state index contributed by atoms with van der Waals surface area (Å²) in [5.74, 6) is -0.198. The Morgan fingerprint density at radius 2 is 1.08 bits per heavy atom. The number of esters is 3. The number of aromatic amines is 1. The molecule has 0 spiro atoms. The van der Waals surface area contributed by atoms with Gasteiger partial charge in [0.05, 0.1) is 11.1 Å². The van der Waals surface area contributed by atoms with Crippen molar-refractivity contribution in [3.63, 3.8) is 0 Å². The summed E-state index contributed by atoms with van der Waals surface area (Å²) in [6.07, 6.45) is 5.25. The van der Waals surface area contributed by atoms with Crippen molar-refractivity contribution in [1.29, 1.82) is 0 Å². The number of carbonyl (C=O) groups is 5. The van der Waals surface area contributed by atoms with E-state index in [0.717, 1.165) is 25.7 Å². The minimum atomic E-state index is -0.850. The Bertz CT molecular complexity index is 2330. The molecule has 1 aromatic rings. The zero-order chi connectivity index (χ0) is 58.2. The largest absolute Gasteiger partial charge is 0.464 e. The van der Waals surface area contributed by atoms with Crippen molar-refractivity contribution in [1.82, 2.24) is 10.3 Å². The van der Waals surface area contributed by atoms with Crippen LogP contribution in [0.2, 0.25) is 0 Å². The lowest BCUT2D eigenvalue weighted by Crippen LogP contribution is -2.50. The maximum Gasteiger partial charge on any atom is 0.342 e. The second-order valence-electron chi connectivity index (χ2n) is 30.3. The van der Waals surface area contributed by atoms with Crippen LogP contribution in [0, 0.1) is 73.4 Å². The monoisotopic (exact) mass is 1080 g/mol. The summed E-state index contributed by atoms with van der Waals surface area (Å²) in [5.41, 5.74) is -0.577. The number of nitrogens with zero attached hydrogens (tertiary/aromatic N) is 1. The topological polar surface area (TPSA) is 165 Å². The van der Waals surface area contributed by atoms with Gasteiger partial charge in [0.25, 0.3) is 0 Å². The molecule has 3 N–H and O–H groups in total. The molecule has 1 aromatic heterocycles. The molecule has 0 radical (unpaired) electrons. The molecule has 4 atom stereocenters. The number of hydrogen-bond donors (Lipinski definition) is 3. The summed E-state index contributed by atoms with van der Waals surface area (Å²) in [6.45, 7) is 51.9. The number of H-pyrrole nitrogens is 1. The Hall–Kier alpha value is -3.87. The first-order chi connectivity index (χ1) is 34.4. The summed E-state index contributed by atoms with van der Waals surface area (Å²) in [7, 11) is 0. The highest BCUT2D eigenvalue weighted by atomic mass is 32.2. The van der Waals surface area contributed by atoms with Crippen LogP contribution in [0.1, 0.15) is 233 Å². The summed E-state index contributed by atoms with van der Waals surface area (Å²) in [4.78, 5) is 80.6. The summed E-state index contributed by atoms with van der Waals surface area (Å²) < 4.78 is 19.6. The highest BCUT2D eigenvalue weighted by Crippen LogP contribution is 2.52. The van der Waals surface area contributed by atoms with Gasteiger partial charge < -0.3 is 29.8 Å². The van der Waals surface area contributed by atoms with Crippen molar-refractivity contribution in [2.45, 2.75) is 223 Å². The fraction of sp³-hybridized carbons (Fsp3) is 0.778. The molecule has 2 heterocycles.